The lowest BCUT2D eigenvalue weighted by atomic mass is 9.98. The van der Waals surface area contributed by atoms with E-state index in [4.69, 9.17) is 4.74 Å². The molecule has 0 radical (unpaired) electrons. The molecule has 3 nitrogen and oxygen atoms in total. The Morgan fingerprint density at radius 1 is 1.19 bits per heavy atom. The molecule has 0 spiro atoms. The molecule has 0 atom stereocenters. The van der Waals surface area contributed by atoms with E-state index in [0.717, 1.165) is 10.1 Å². The fourth-order valence-corrected chi connectivity index (χ4v) is 2.00. The third-order valence-electron chi connectivity index (χ3n) is 1.97. The van der Waals surface area contributed by atoms with Crippen molar-refractivity contribution in [2.75, 3.05) is 0 Å². The van der Waals surface area contributed by atoms with Gasteiger partial charge in [-0.2, -0.15) is 0 Å². The third-order valence-corrected chi connectivity index (χ3v) is 3.27. The molecular weight excluding hydrogens is 220 g/mol. The van der Waals surface area contributed by atoms with Crippen LogP contribution in [0.4, 0.5) is 0 Å². The largest absolute Gasteiger partial charge is 0.427 e. The maximum Gasteiger partial charge on any atom is 0.220 e. The Kier molecular flexibility index (Phi) is 2.92. The van der Waals surface area contributed by atoms with Crippen LogP contribution in [0.3, 0.4) is 0 Å². The van der Waals surface area contributed by atoms with Gasteiger partial charge in [-0.1, -0.05) is 38.2 Å². The van der Waals surface area contributed by atoms with Crippen LogP contribution in [0.15, 0.2) is 30.6 Å². The van der Waals surface area contributed by atoms with E-state index >= 15 is 0 Å². The van der Waals surface area contributed by atoms with Crippen molar-refractivity contribution in [2.45, 2.75) is 26.2 Å². The van der Waals surface area contributed by atoms with Crippen LogP contribution >= 0.6 is 11.3 Å². The summed E-state index contributed by atoms with van der Waals surface area (Å²) >= 11 is 1.56. The normalized spacial score (nSPS) is 11.4. The second-order valence-electron chi connectivity index (χ2n) is 4.50. The molecule has 84 valence electrons. The maximum atomic E-state index is 5.60. The summed E-state index contributed by atoms with van der Waals surface area (Å²) in [6.07, 6.45) is 3.46. The topological polar surface area (TPSA) is 35.0 Å². The van der Waals surface area contributed by atoms with Crippen LogP contribution in [0.1, 0.15) is 25.8 Å². The van der Waals surface area contributed by atoms with Crippen LogP contribution in [0.5, 0.6) is 10.9 Å². The quantitative estimate of drug-likeness (QED) is 0.796. The van der Waals surface area contributed by atoms with Crippen molar-refractivity contribution in [3.63, 3.8) is 0 Å². The highest BCUT2D eigenvalue weighted by Gasteiger charge is 2.18. The minimum atomic E-state index is 0.0659. The fraction of sp³-hybridized carbons (Fsp3) is 0.333. The summed E-state index contributed by atoms with van der Waals surface area (Å²) in [4.78, 5) is 8.45. The predicted molar refractivity (Wildman–Crippen MR) is 65.1 cm³/mol. The van der Waals surface area contributed by atoms with Gasteiger partial charge in [0.1, 0.15) is 5.01 Å². The molecule has 2 heterocycles. The number of ether oxygens (including phenoxy) is 1. The molecule has 0 saturated heterocycles. The Morgan fingerprint density at radius 2 is 2.00 bits per heavy atom. The van der Waals surface area contributed by atoms with Crippen LogP contribution in [0, 0.1) is 0 Å². The van der Waals surface area contributed by atoms with Gasteiger partial charge < -0.3 is 4.74 Å². The summed E-state index contributed by atoms with van der Waals surface area (Å²) in [7, 11) is 0. The number of thiazole rings is 1. The van der Waals surface area contributed by atoms with Crippen LogP contribution in [-0.4, -0.2) is 9.97 Å². The van der Waals surface area contributed by atoms with Crippen molar-refractivity contribution >= 4 is 11.3 Å². The molecule has 0 fully saturated rings. The van der Waals surface area contributed by atoms with Crippen molar-refractivity contribution in [2.24, 2.45) is 0 Å². The van der Waals surface area contributed by atoms with Gasteiger partial charge in [0, 0.05) is 17.7 Å². The first-order chi connectivity index (χ1) is 7.55. The molecule has 2 aromatic rings. The highest BCUT2D eigenvalue weighted by molar-refractivity contribution is 7.13. The lowest BCUT2D eigenvalue weighted by molar-refractivity contribution is 0.475. The van der Waals surface area contributed by atoms with E-state index < -0.39 is 0 Å². The molecule has 0 N–H and O–H groups in total. The highest BCUT2D eigenvalue weighted by Crippen LogP contribution is 2.32. The SMILES string of the molecule is CC(C)(C)c1ncc(Oc2ccccn2)s1. The zero-order valence-corrected chi connectivity index (χ0v) is 10.4. The standard InChI is InChI=1S/C12H14N2OS/c1-12(2,3)11-14-8-10(16-11)15-9-6-4-5-7-13-9/h4-8H,1-3H3. The first kappa shape index (κ1) is 11.1. The number of hydrogen-bond acceptors (Lipinski definition) is 4. The third kappa shape index (κ3) is 2.58. The lowest BCUT2D eigenvalue weighted by Crippen LogP contribution is -2.09. The zero-order chi connectivity index (χ0) is 11.6. The monoisotopic (exact) mass is 234 g/mol. The van der Waals surface area contributed by atoms with E-state index in [1.165, 1.54) is 0 Å². The smallest absolute Gasteiger partial charge is 0.220 e. The van der Waals surface area contributed by atoms with Gasteiger partial charge in [-0.05, 0) is 6.07 Å². The molecule has 0 unspecified atom stereocenters. The summed E-state index contributed by atoms with van der Waals surface area (Å²) in [6.45, 7) is 6.41. The number of aromatic nitrogens is 2. The summed E-state index contributed by atoms with van der Waals surface area (Å²) in [5.74, 6) is 0.603. The number of hydrogen-bond donors (Lipinski definition) is 0. The molecule has 2 rings (SSSR count). The predicted octanol–water partition coefficient (Wildman–Crippen LogP) is 3.63. The molecule has 0 aliphatic rings. The minimum absolute atomic E-state index is 0.0659. The second kappa shape index (κ2) is 4.22. The van der Waals surface area contributed by atoms with E-state index in [2.05, 4.69) is 30.7 Å². The van der Waals surface area contributed by atoms with Crippen molar-refractivity contribution in [3.05, 3.63) is 35.6 Å². The molecule has 0 bridgehead atoms. The molecule has 0 aliphatic heterocycles. The van der Waals surface area contributed by atoms with E-state index in [9.17, 15) is 0 Å². The first-order valence-corrected chi connectivity index (χ1v) is 5.92. The number of nitrogens with zero attached hydrogens (tertiary/aromatic N) is 2. The van der Waals surface area contributed by atoms with Crippen LogP contribution in [0.2, 0.25) is 0 Å². The van der Waals surface area contributed by atoms with Crippen molar-refractivity contribution in [1.82, 2.24) is 9.97 Å². The van der Waals surface area contributed by atoms with Gasteiger partial charge in [-0.3, -0.25) is 0 Å². The van der Waals surface area contributed by atoms with E-state index in [1.54, 1.807) is 23.7 Å². The van der Waals surface area contributed by atoms with Gasteiger partial charge in [-0.25, -0.2) is 9.97 Å². The lowest BCUT2D eigenvalue weighted by Gasteiger charge is -2.13. The summed E-state index contributed by atoms with van der Waals surface area (Å²) < 4.78 is 5.60. The zero-order valence-electron chi connectivity index (χ0n) is 9.60. The van der Waals surface area contributed by atoms with Gasteiger partial charge in [-0.15, -0.1) is 0 Å². The summed E-state index contributed by atoms with van der Waals surface area (Å²) in [5.41, 5.74) is 0.0659. The number of pyridine rings is 1. The van der Waals surface area contributed by atoms with Crippen LogP contribution < -0.4 is 4.74 Å². The molecule has 2 aromatic heterocycles. The Morgan fingerprint density at radius 3 is 2.56 bits per heavy atom. The van der Waals surface area contributed by atoms with Crippen molar-refractivity contribution < 1.29 is 4.74 Å². The molecular formula is C12H14N2OS. The average Bonchev–Trinajstić information content (AvgIpc) is 2.67. The molecule has 0 aliphatic carbocycles. The molecule has 0 saturated carbocycles. The molecule has 4 heteroatoms. The molecule has 16 heavy (non-hydrogen) atoms. The Balaban J connectivity index is 2.15. The summed E-state index contributed by atoms with van der Waals surface area (Å²) in [5, 5.41) is 1.85. The first-order valence-electron chi connectivity index (χ1n) is 5.11. The Bertz CT molecular complexity index is 459. The van der Waals surface area contributed by atoms with Crippen LogP contribution in [-0.2, 0) is 5.41 Å². The van der Waals surface area contributed by atoms with E-state index in [0.29, 0.717) is 5.88 Å². The second-order valence-corrected chi connectivity index (χ2v) is 5.50. The van der Waals surface area contributed by atoms with E-state index in [1.807, 2.05) is 18.2 Å². The van der Waals surface area contributed by atoms with Crippen molar-refractivity contribution in [3.8, 4) is 10.9 Å². The Labute approximate surface area is 99.1 Å². The minimum Gasteiger partial charge on any atom is -0.427 e. The summed E-state index contributed by atoms with van der Waals surface area (Å²) in [6, 6.07) is 5.59. The van der Waals surface area contributed by atoms with E-state index in [-0.39, 0.29) is 5.41 Å². The highest BCUT2D eigenvalue weighted by atomic mass is 32.1. The fourth-order valence-electron chi connectivity index (χ4n) is 1.16. The van der Waals surface area contributed by atoms with Crippen molar-refractivity contribution in [1.29, 1.82) is 0 Å². The van der Waals surface area contributed by atoms with Gasteiger partial charge in [0.15, 0.2) is 0 Å². The maximum absolute atomic E-state index is 5.60. The molecule has 0 aromatic carbocycles. The van der Waals surface area contributed by atoms with Gasteiger partial charge in [0.2, 0.25) is 10.9 Å². The van der Waals surface area contributed by atoms with Gasteiger partial charge in [0.25, 0.3) is 0 Å². The average molecular weight is 234 g/mol. The molecule has 0 amide bonds. The Hall–Kier alpha value is -1.42. The van der Waals surface area contributed by atoms with Gasteiger partial charge >= 0.3 is 0 Å². The van der Waals surface area contributed by atoms with Crippen LogP contribution in [0.25, 0.3) is 0 Å². The number of rotatable bonds is 2. The van der Waals surface area contributed by atoms with Gasteiger partial charge in [0.05, 0.1) is 6.20 Å².